The van der Waals surface area contributed by atoms with Crippen molar-refractivity contribution in [1.82, 2.24) is 9.80 Å². The number of Topliss-reactive ketones (excluding diaryl/α,β-unsaturated/α-hetero) is 1. The summed E-state index contributed by atoms with van der Waals surface area (Å²) in [5.41, 5.74) is 1.57. The Hall–Kier alpha value is -1.12. The van der Waals surface area contributed by atoms with Crippen LogP contribution in [0.25, 0.3) is 0 Å². The van der Waals surface area contributed by atoms with E-state index >= 15 is 0 Å². The molecule has 1 aromatic rings. The number of nitrogens with zero attached hydrogens (tertiary/aromatic N) is 2. The maximum absolute atomic E-state index is 14.6. The maximum Gasteiger partial charge on any atom is 0.320 e. The minimum atomic E-state index is -0.555. The van der Waals surface area contributed by atoms with E-state index in [0.29, 0.717) is 31.8 Å². The van der Waals surface area contributed by atoms with E-state index in [1.165, 1.54) is 6.07 Å². The summed E-state index contributed by atoms with van der Waals surface area (Å²) in [4.78, 5) is 28.7. The summed E-state index contributed by atoms with van der Waals surface area (Å²) in [6, 6.07) is 6.04. The molecule has 0 aromatic heterocycles. The lowest BCUT2D eigenvalue weighted by atomic mass is 9.93. The molecule has 180 valence electrons. The van der Waals surface area contributed by atoms with Gasteiger partial charge in [-0.2, -0.15) is 12.6 Å². The number of ketones is 1. The summed E-state index contributed by atoms with van der Waals surface area (Å²) >= 11 is 4.72. The van der Waals surface area contributed by atoms with Gasteiger partial charge in [0.2, 0.25) is 0 Å². The molecule has 2 fully saturated rings. The van der Waals surface area contributed by atoms with E-state index in [-0.39, 0.29) is 60.1 Å². The van der Waals surface area contributed by atoms with E-state index in [2.05, 4.69) is 11.0 Å². The number of piperidine rings is 1. The number of likely N-dealkylation sites (N-methyl/N-ethyl adjacent to an activating group) is 1. The summed E-state index contributed by atoms with van der Waals surface area (Å²) in [6.07, 6.45) is 4.66. The van der Waals surface area contributed by atoms with Crippen LogP contribution in [-0.2, 0) is 14.3 Å². The lowest BCUT2D eigenvalue weighted by Crippen LogP contribution is -2.43. The second-order valence-corrected chi connectivity index (χ2v) is 8.78. The summed E-state index contributed by atoms with van der Waals surface area (Å²) in [7, 11) is 1.86. The molecule has 3 rings (SSSR count). The van der Waals surface area contributed by atoms with Gasteiger partial charge in [-0.3, -0.25) is 19.4 Å². The molecule has 9 heteroatoms. The maximum atomic E-state index is 14.6. The summed E-state index contributed by atoms with van der Waals surface area (Å²) in [5, 5.41) is 0.0922. The van der Waals surface area contributed by atoms with Crippen molar-refractivity contribution in [3.8, 4) is 0 Å². The van der Waals surface area contributed by atoms with Gasteiger partial charge in [0.1, 0.15) is 5.82 Å². The standard InChI is InChI=1S/C23H31FN2O3S.2ClH/c1-3-29-21(27)15-25(2)12-10-17-14-26(13-11-20(17)30)22(23(28)16-8-9-16)18-6-4-5-7-19(18)24;;/h4-7,10,16,20,22,30H,3,8-9,11-15H2,1-2H3;2*1H. The average Bonchev–Trinajstić information content (AvgIpc) is 3.55. The first-order chi connectivity index (χ1) is 14.4. The van der Waals surface area contributed by atoms with Crippen molar-refractivity contribution in [2.45, 2.75) is 37.5 Å². The van der Waals surface area contributed by atoms with E-state index in [4.69, 9.17) is 17.4 Å². The van der Waals surface area contributed by atoms with Crippen molar-refractivity contribution in [2.24, 2.45) is 5.92 Å². The predicted octanol–water partition coefficient (Wildman–Crippen LogP) is 4.11. The van der Waals surface area contributed by atoms with Crippen LogP contribution in [-0.4, -0.2) is 66.6 Å². The van der Waals surface area contributed by atoms with Gasteiger partial charge in [-0.05, 0) is 44.9 Å². The second-order valence-electron chi connectivity index (χ2n) is 8.16. The quantitative estimate of drug-likeness (QED) is 0.310. The SMILES string of the molecule is CCOC(=O)CN(C)CC=C1CN(C(C(=O)C2CC2)c2ccccc2F)CCC1S.Cl.Cl. The molecule has 32 heavy (non-hydrogen) atoms. The molecule has 0 amide bonds. The van der Waals surface area contributed by atoms with Gasteiger partial charge in [0, 0.05) is 36.4 Å². The van der Waals surface area contributed by atoms with E-state index in [1.807, 2.05) is 11.9 Å². The molecule has 1 aromatic carbocycles. The van der Waals surface area contributed by atoms with Gasteiger partial charge in [-0.15, -0.1) is 24.8 Å². The van der Waals surface area contributed by atoms with Gasteiger partial charge in [0.25, 0.3) is 0 Å². The highest BCUT2D eigenvalue weighted by Crippen LogP contribution is 2.39. The molecule has 0 radical (unpaired) electrons. The van der Waals surface area contributed by atoms with Crippen LogP contribution in [0.4, 0.5) is 4.39 Å². The Morgan fingerprint density at radius 3 is 2.59 bits per heavy atom. The lowest BCUT2D eigenvalue weighted by Gasteiger charge is -2.38. The third-order valence-electron chi connectivity index (χ3n) is 5.69. The molecule has 0 N–H and O–H groups in total. The van der Waals surface area contributed by atoms with Gasteiger partial charge < -0.3 is 4.74 Å². The van der Waals surface area contributed by atoms with Crippen molar-refractivity contribution < 1.29 is 18.7 Å². The van der Waals surface area contributed by atoms with Crippen molar-refractivity contribution in [3.05, 3.63) is 47.3 Å². The summed E-state index contributed by atoms with van der Waals surface area (Å²) in [5.74, 6) is -0.409. The van der Waals surface area contributed by atoms with Crippen LogP contribution >= 0.6 is 37.4 Å². The highest BCUT2D eigenvalue weighted by molar-refractivity contribution is 7.81. The second kappa shape index (κ2) is 13.6. The Morgan fingerprint density at radius 2 is 1.97 bits per heavy atom. The molecule has 1 aliphatic carbocycles. The van der Waals surface area contributed by atoms with Gasteiger partial charge in [0.15, 0.2) is 5.78 Å². The minimum Gasteiger partial charge on any atom is -0.465 e. The molecule has 2 unspecified atom stereocenters. The molecule has 2 atom stereocenters. The number of benzene rings is 1. The zero-order valence-corrected chi connectivity index (χ0v) is 21.1. The van der Waals surface area contributed by atoms with E-state index in [9.17, 15) is 14.0 Å². The molecule has 1 saturated carbocycles. The van der Waals surface area contributed by atoms with Crippen LogP contribution in [0, 0.1) is 11.7 Å². The number of thiol groups is 1. The monoisotopic (exact) mass is 506 g/mol. The summed E-state index contributed by atoms with van der Waals surface area (Å²) < 4.78 is 19.6. The zero-order valence-electron chi connectivity index (χ0n) is 18.5. The van der Waals surface area contributed by atoms with Crippen LogP contribution < -0.4 is 0 Å². The van der Waals surface area contributed by atoms with Crippen LogP contribution in [0.1, 0.15) is 37.8 Å². The minimum absolute atomic E-state index is 0. The van der Waals surface area contributed by atoms with E-state index in [0.717, 1.165) is 24.8 Å². The topological polar surface area (TPSA) is 49.9 Å². The van der Waals surface area contributed by atoms with Crippen molar-refractivity contribution in [2.75, 3.05) is 39.8 Å². The fraction of sp³-hybridized carbons (Fsp3) is 0.565. The number of hydrogen-bond acceptors (Lipinski definition) is 6. The smallest absolute Gasteiger partial charge is 0.320 e. The fourth-order valence-corrected chi connectivity index (χ4v) is 4.20. The number of rotatable bonds is 9. The zero-order chi connectivity index (χ0) is 21.7. The Kier molecular flexibility index (Phi) is 12.2. The molecule has 1 saturated heterocycles. The van der Waals surface area contributed by atoms with E-state index in [1.54, 1.807) is 25.1 Å². The highest BCUT2D eigenvalue weighted by atomic mass is 35.5. The van der Waals surface area contributed by atoms with Crippen LogP contribution in [0.5, 0.6) is 0 Å². The normalized spacial score (nSPS) is 20.9. The molecule has 1 heterocycles. The molecule has 2 aliphatic rings. The Balaban J connectivity index is 0.00000256. The molecule has 1 aliphatic heterocycles. The molecule has 0 spiro atoms. The number of ether oxygens (including phenoxy) is 1. The van der Waals surface area contributed by atoms with Gasteiger partial charge in [-0.25, -0.2) is 4.39 Å². The largest absolute Gasteiger partial charge is 0.465 e. The molecule has 5 nitrogen and oxygen atoms in total. The third-order valence-corrected chi connectivity index (χ3v) is 6.28. The van der Waals surface area contributed by atoms with Crippen molar-refractivity contribution in [1.29, 1.82) is 0 Å². The van der Waals surface area contributed by atoms with E-state index < -0.39 is 6.04 Å². The van der Waals surface area contributed by atoms with Crippen molar-refractivity contribution >= 4 is 49.2 Å². The highest BCUT2D eigenvalue weighted by Gasteiger charge is 2.40. The van der Waals surface area contributed by atoms with Gasteiger partial charge in [-0.1, -0.05) is 24.3 Å². The predicted molar refractivity (Wildman–Crippen MR) is 133 cm³/mol. The number of carbonyl (C=O) groups is 2. The number of likely N-dealkylation sites (tertiary alicyclic amines) is 1. The number of hydrogen-bond donors (Lipinski definition) is 1. The average molecular weight is 507 g/mol. The fourth-order valence-electron chi connectivity index (χ4n) is 3.90. The Labute approximate surface area is 208 Å². The first-order valence-corrected chi connectivity index (χ1v) is 11.2. The van der Waals surface area contributed by atoms with Gasteiger partial charge in [0.05, 0.1) is 19.2 Å². The third kappa shape index (κ3) is 7.73. The molecular formula is C23H33Cl2FN2O3S. The first-order valence-electron chi connectivity index (χ1n) is 10.6. The number of halogens is 3. The molecule has 0 bridgehead atoms. The molecular weight excluding hydrogens is 474 g/mol. The summed E-state index contributed by atoms with van der Waals surface area (Å²) in [6.45, 7) is 4.22. The Morgan fingerprint density at radius 1 is 1.28 bits per heavy atom. The number of carbonyl (C=O) groups excluding carboxylic acids is 2. The lowest BCUT2D eigenvalue weighted by molar-refractivity contribution is -0.144. The van der Waals surface area contributed by atoms with Crippen LogP contribution in [0.3, 0.4) is 0 Å². The van der Waals surface area contributed by atoms with Crippen LogP contribution in [0.2, 0.25) is 0 Å². The Bertz CT molecular complexity index is 807. The van der Waals surface area contributed by atoms with Crippen LogP contribution in [0.15, 0.2) is 35.9 Å². The first kappa shape index (κ1) is 28.9. The van der Waals surface area contributed by atoms with Crippen molar-refractivity contribution in [3.63, 3.8) is 0 Å². The van der Waals surface area contributed by atoms with Gasteiger partial charge >= 0.3 is 5.97 Å². The number of esters is 1.